The minimum atomic E-state index is -1.58. The molecule has 0 amide bonds. The van der Waals surface area contributed by atoms with Gasteiger partial charge in [-0.1, -0.05) is 28.1 Å². The molecule has 0 bridgehead atoms. The first-order valence-electron chi connectivity index (χ1n) is 5.25. The summed E-state index contributed by atoms with van der Waals surface area (Å²) in [5, 5.41) is 0. The third-order valence-electron chi connectivity index (χ3n) is 2.70. The number of benzene rings is 2. The third-order valence-corrected chi connectivity index (χ3v) is 3.38. The topological polar surface area (TPSA) is 26.0 Å². The molecule has 0 fully saturated rings. The maximum atomic E-state index is 13.6. The van der Waals surface area contributed by atoms with Crippen molar-refractivity contribution >= 4 is 15.9 Å². The summed E-state index contributed by atoms with van der Waals surface area (Å²) in [6.45, 7) is 0. The van der Waals surface area contributed by atoms with Gasteiger partial charge in [-0.05, 0) is 23.8 Å². The van der Waals surface area contributed by atoms with Gasteiger partial charge in [0.2, 0.25) is 0 Å². The van der Waals surface area contributed by atoms with E-state index in [4.69, 9.17) is 5.73 Å². The average molecular weight is 334 g/mol. The molecule has 0 saturated carbocycles. The van der Waals surface area contributed by atoms with Crippen molar-refractivity contribution in [1.82, 2.24) is 0 Å². The maximum Gasteiger partial charge on any atom is 0.194 e. The van der Waals surface area contributed by atoms with Crippen molar-refractivity contribution in [2.45, 2.75) is 6.04 Å². The molecule has 2 rings (SSSR count). The number of hydrogen-bond acceptors (Lipinski definition) is 1. The molecule has 0 aliphatic heterocycles. The Hall–Kier alpha value is -1.40. The Morgan fingerprint density at radius 2 is 1.53 bits per heavy atom. The number of nitrogens with two attached hydrogens (primary N) is 1. The Kier molecular flexibility index (Phi) is 3.91. The Labute approximate surface area is 115 Å². The molecule has 0 aliphatic rings. The normalized spacial score (nSPS) is 12.5. The van der Waals surface area contributed by atoms with Crippen molar-refractivity contribution in [2.24, 2.45) is 5.73 Å². The van der Waals surface area contributed by atoms with E-state index in [0.29, 0.717) is 10.0 Å². The Morgan fingerprint density at radius 1 is 0.895 bits per heavy atom. The molecule has 1 nitrogen and oxygen atoms in total. The van der Waals surface area contributed by atoms with Crippen LogP contribution in [0.4, 0.5) is 17.6 Å². The molecule has 1 atom stereocenters. The molecule has 2 aromatic carbocycles. The highest BCUT2D eigenvalue weighted by Gasteiger charge is 2.21. The Bertz CT molecular complexity index is 630. The first-order valence-corrected chi connectivity index (χ1v) is 6.05. The predicted molar refractivity (Wildman–Crippen MR) is 66.4 cm³/mol. The first-order chi connectivity index (χ1) is 8.91. The van der Waals surface area contributed by atoms with Crippen LogP contribution in [0.5, 0.6) is 0 Å². The average Bonchev–Trinajstić information content (AvgIpc) is 2.35. The minimum absolute atomic E-state index is 0.203. The zero-order valence-corrected chi connectivity index (χ0v) is 11.0. The van der Waals surface area contributed by atoms with Crippen LogP contribution in [0.1, 0.15) is 17.2 Å². The van der Waals surface area contributed by atoms with Crippen LogP contribution >= 0.6 is 15.9 Å². The molecule has 2 aromatic rings. The molecule has 1 unspecified atom stereocenters. The van der Waals surface area contributed by atoms with E-state index in [9.17, 15) is 17.6 Å². The molecule has 2 N–H and O–H groups in total. The van der Waals surface area contributed by atoms with Crippen molar-refractivity contribution in [1.29, 1.82) is 0 Å². The van der Waals surface area contributed by atoms with Crippen LogP contribution in [0.3, 0.4) is 0 Å². The Balaban J connectivity index is 2.50. The predicted octanol–water partition coefficient (Wildman–Crippen LogP) is 4.05. The van der Waals surface area contributed by atoms with Gasteiger partial charge in [0, 0.05) is 10.0 Å². The molecule has 0 radical (unpaired) electrons. The monoisotopic (exact) mass is 333 g/mol. The first kappa shape index (κ1) is 14.0. The summed E-state index contributed by atoms with van der Waals surface area (Å²) in [4.78, 5) is 0. The molecular weight excluding hydrogens is 326 g/mol. The lowest BCUT2D eigenvalue weighted by Crippen LogP contribution is -2.15. The second-order valence-corrected chi connectivity index (χ2v) is 4.76. The van der Waals surface area contributed by atoms with E-state index in [-0.39, 0.29) is 5.56 Å². The second-order valence-electron chi connectivity index (χ2n) is 3.91. The fourth-order valence-corrected chi connectivity index (χ4v) is 2.30. The molecule has 0 aliphatic carbocycles. The zero-order valence-electron chi connectivity index (χ0n) is 9.43. The van der Waals surface area contributed by atoms with Crippen LogP contribution < -0.4 is 5.73 Å². The molecule has 100 valence electrons. The molecule has 0 heterocycles. The van der Waals surface area contributed by atoms with Gasteiger partial charge in [-0.15, -0.1) is 0 Å². The van der Waals surface area contributed by atoms with E-state index in [1.807, 2.05) is 0 Å². The van der Waals surface area contributed by atoms with Gasteiger partial charge in [0.15, 0.2) is 17.5 Å². The van der Waals surface area contributed by atoms with Crippen LogP contribution in [0, 0.1) is 23.3 Å². The number of rotatable bonds is 2. The van der Waals surface area contributed by atoms with Crippen molar-refractivity contribution in [3.8, 4) is 0 Å². The van der Waals surface area contributed by atoms with Gasteiger partial charge in [0.05, 0.1) is 6.04 Å². The summed E-state index contributed by atoms with van der Waals surface area (Å²) in [6, 6.07) is 4.49. The van der Waals surface area contributed by atoms with Gasteiger partial charge < -0.3 is 5.73 Å². The van der Waals surface area contributed by atoms with E-state index in [2.05, 4.69) is 15.9 Å². The molecular formula is C13H8BrF4N. The third kappa shape index (κ3) is 2.64. The van der Waals surface area contributed by atoms with E-state index in [1.165, 1.54) is 6.07 Å². The molecule has 0 aromatic heterocycles. The van der Waals surface area contributed by atoms with Crippen LogP contribution in [0.15, 0.2) is 34.8 Å². The highest BCUT2D eigenvalue weighted by atomic mass is 79.9. The quantitative estimate of drug-likeness (QED) is 0.651. The fourth-order valence-electron chi connectivity index (χ4n) is 1.70. The lowest BCUT2D eigenvalue weighted by molar-refractivity contribution is 0.438. The standard InChI is InChI=1S/C13H8BrF4N/c14-9-5-6(15)1-2-7(9)13(19)8-3-4-10(16)12(18)11(8)17/h1-5,13H,19H2. The summed E-state index contributed by atoms with van der Waals surface area (Å²) < 4.78 is 52.9. The summed E-state index contributed by atoms with van der Waals surface area (Å²) in [5.74, 6) is -4.70. The molecule has 0 spiro atoms. The van der Waals surface area contributed by atoms with E-state index >= 15 is 0 Å². The summed E-state index contributed by atoms with van der Waals surface area (Å²) >= 11 is 3.09. The summed E-state index contributed by atoms with van der Waals surface area (Å²) in [6.07, 6.45) is 0. The van der Waals surface area contributed by atoms with Crippen molar-refractivity contribution in [3.05, 3.63) is 69.2 Å². The van der Waals surface area contributed by atoms with Gasteiger partial charge in [-0.2, -0.15) is 0 Å². The van der Waals surface area contributed by atoms with Crippen molar-refractivity contribution in [2.75, 3.05) is 0 Å². The van der Waals surface area contributed by atoms with Gasteiger partial charge in [0.1, 0.15) is 5.82 Å². The van der Waals surface area contributed by atoms with E-state index in [0.717, 1.165) is 24.3 Å². The lowest BCUT2D eigenvalue weighted by atomic mass is 9.99. The molecule has 6 heteroatoms. The van der Waals surface area contributed by atoms with Gasteiger partial charge >= 0.3 is 0 Å². The second kappa shape index (κ2) is 5.30. The molecule has 19 heavy (non-hydrogen) atoms. The van der Waals surface area contributed by atoms with Gasteiger partial charge in [0.25, 0.3) is 0 Å². The van der Waals surface area contributed by atoms with Crippen molar-refractivity contribution < 1.29 is 17.6 Å². The van der Waals surface area contributed by atoms with Gasteiger partial charge in [-0.25, -0.2) is 17.6 Å². The highest BCUT2D eigenvalue weighted by Crippen LogP contribution is 2.30. The van der Waals surface area contributed by atoms with Crippen LogP contribution in [0.2, 0.25) is 0 Å². The summed E-state index contributed by atoms with van der Waals surface area (Å²) in [5.41, 5.74) is 5.97. The lowest BCUT2D eigenvalue weighted by Gasteiger charge is -2.15. The maximum absolute atomic E-state index is 13.6. The minimum Gasteiger partial charge on any atom is -0.320 e. The molecule has 0 saturated heterocycles. The van der Waals surface area contributed by atoms with Crippen LogP contribution in [-0.4, -0.2) is 0 Å². The smallest absolute Gasteiger partial charge is 0.194 e. The SMILES string of the molecule is NC(c1ccc(F)cc1Br)c1ccc(F)c(F)c1F. The largest absolute Gasteiger partial charge is 0.320 e. The van der Waals surface area contributed by atoms with Crippen LogP contribution in [0.25, 0.3) is 0 Å². The number of hydrogen-bond donors (Lipinski definition) is 1. The number of halogens is 5. The summed E-state index contributed by atoms with van der Waals surface area (Å²) in [7, 11) is 0. The highest BCUT2D eigenvalue weighted by molar-refractivity contribution is 9.10. The Morgan fingerprint density at radius 3 is 2.16 bits per heavy atom. The van der Waals surface area contributed by atoms with Crippen LogP contribution in [-0.2, 0) is 0 Å². The van der Waals surface area contributed by atoms with Crippen molar-refractivity contribution in [3.63, 3.8) is 0 Å². The zero-order chi connectivity index (χ0) is 14.2. The van der Waals surface area contributed by atoms with E-state index in [1.54, 1.807) is 0 Å². The van der Waals surface area contributed by atoms with Gasteiger partial charge in [-0.3, -0.25) is 0 Å². The van der Waals surface area contributed by atoms with E-state index < -0.39 is 29.3 Å². The fraction of sp³-hybridized carbons (Fsp3) is 0.0769.